The van der Waals surface area contributed by atoms with Crippen LogP contribution < -0.4 is 20.9 Å². The summed E-state index contributed by atoms with van der Waals surface area (Å²) in [6.45, 7) is 14.1. The molecule has 0 aliphatic rings. The van der Waals surface area contributed by atoms with E-state index in [4.69, 9.17) is 5.73 Å². The number of nitrogens with one attached hydrogen (secondary N) is 1. The summed E-state index contributed by atoms with van der Waals surface area (Å²) in [6, 6.07) is 23.8. The summed E-state index contributed by atoms with van der Waals surface area (Å²) in [5, 5.41) is 3.11. The molecular formula is C31H40N4. The van der Waals surface area contributed by atoms with Crippen LogP contribution in [-0.4, -0.2) is 27.2 Å². The molecule has 0 atom stereocenters. The van der Waals surface area contributed by atoms with Gasteiger partial charge in [0, 0.05) is 43.4 Å². The number of hydrogen-bond acceptors (Lipinski definition) is 4. The van der Waals surface area contributed by atoms with Crippen LogP contribution >= 0.6 is 0 Å². The van der Waals surface area contributed by atoms with Crippen LogP contribution in [0.2, 0.25) is 0 Å². The molecule has 0 aliphatic heterocycles. The number of likely N-dealkylation sites (N-methyl/N-ethyl adjacent to an activating group) is 2. The number of rotatable bonds is 12. The molecule has 0 saturated heterocycles. The summed E-state index contributed by atoms with van der Waals surface area (Å²) in [5.74, 6) is 0.597. The van der Waals surface area contributed by atoms with Crippen LogP contribution in [0.3, 0.4) is 0 Å². The van der Waals surface area contributed by atoms with E-state index in [1.54, 1.807) is 0 Å². The molecule has 0 spiro atoms. The van der Waals surface area contributed by atoms with Gasteiger partial charge in [0.15, 0.2) is 0 Å². The van der Waals surface area contributed by atoms with Crippen molar-refractivity contribution in [3.63, 3.8) is 0 Å². The van der Waals surface area contributed by atoms with Gasteiger partial charge >= 0.3 is 0 Å². The molecule has 184 valence electrons. The molecule has 0 unspecified atom stereocenters. The minimum absolute atomic E-state index is 0.597. The Kier molecular flexibility index (Phi) is 9.02. The molecule has 0 aliphatic carbocycles. The van der Waals surface area contributed by atoms with E-state index in [1.807, 2.05) is 13.2 Å². The number of benzene rings is 3. The third-order valence-electron chi connectivity index (χ3n) is 6.31. The minimum atomic E-state index is 0.597. The van der Waals surface area contributed by atoms with Gasteiger partial charge in [-0.3, -0.25) is 0 Å². The average Bonchev–Trinajstić information content (AvgIpc) is 2.86. The first-order valence-corrected chi connectivity index (χ1v) is 12.3. The van der Waals surface area contributed by atoms with E-state index in [0.29, 0.717) is 5.92 Å². The highest BCUT2D eigenvalue weighted by Gasteiger charge is 2.09. The Morgan fingerprint density at radius 1 is 1.00 bits per heavy atom. The van der Waals surface area contributed by atoms with E-state index in [9.17, 15) is 0 Å². The van der Waals surface area contributed by atoms with Crippen LogP contribution in [0, 0.1) is 5.92 Å². The van der Waals surface area contributed by atoms with Gasteiger partial charge in [0.05, 0.1) is 6.54 Å². The van der Waals surface area contributed by atoms with Gasteiger partial charge in [-0.05, 0) is 71.5 Å². The van der Waals surface area contributed by atoms with Crippen molar-refractivity contribution in [2.45, 2.75) is 26.7 Å². The van der Waals surface area contributed by atoms with E-state index in [0.717, 1.165) is 54.3 Å². The lowest BCUT2D eigenvalue weighted by molar-refractivity contribution is 0.648. The fourth-order valence-corrected chi connectivity index (χ4v) is 4.21. The fourth-order valence-electron chi connectivity index (χ4n) is 4.21. The summed E-state index contributed by atoms with van der Waals surface area (Å²) in [7, 11) is 3.98. The van der Waals surface area contributed by atoms with Crippen molar-refractivity contribution in [2.24, 2.45) is 5.92 Å². The highest BCUT2D eigenvalue weighted by Crippen LogP contribution is 2.27. The lowest BCUT2D eigenvalue weighted by Gasteiger charge is -2.25. The fraction of sp³-hybridized carbons (Fsp3) is 0.290. The predicted molar refractivity (Wildman–Crippen MR) is 154 cm³/mol. The smallest absolute Gasteiger partial charge is 0.0567 e. The Labute approximate surface area is 211 Å². The van der Waals surface area contributed by atoms with Gasteiger partial charge in [-0.1, -0.05) is 69.5 Å². The Morgan fingerprint density at radius 2 is 1.69 bits per heavy atom. The molecule has 0 bridgehead atoms. The molecule has 0 amide bonds. The second-order valence-electron chi connectivity index (χ2n) is 9.56. The largest absolute Gasteiger partial charge is 0.398 e. The molecular weight excluding hydrogens is 428 g/mol. The molecule has 0 saturated carbocycles. The van der Waals surface area contributed by atoms with Crippen LogP contribution in [-0.2, 0) is 12.8 Å². The third kappa shape index (κ3) is 7.16. The predicted octanol–water partition coefficient (Wildman–Crippen LogP) is 6.50. The Balaban J connectivity index is 1.65. The van der Waals surface area contributed by atoms with E-state index in [2.05, 4.69) is 116 Å². The molecule has 0 aromatic heterocycles. The molecule has 0 radical (unpaired) electrons. The van der Waals surface area contributed by atoms with Gasteiger partial charge in [-0.25, -0.2) is 0 Å². The topological polar surface area (TPSA) is 44.5 Å². The highest BCUT2D eigenvalue weighted by molar-refractivity contribution is 5.69. The SMILES string of the molecule is C=CN(CCc1ccc(-c2ccc(CC(C)C)c(N)c2)cc1)c1cccc(N(C)CC(=C)NC)c1. The first-order valence-electron chi connectivity index (χ1n) is 12.3. The minimum Gasteiger partial charge on any atom is -0.398 e. The standard InChI is InChI=1S/C31H40N4/c1-7-35(30-10-8-9-29(21-30)34(6)22-24(4)33-5)18-17-25-11-13-26(14-12-25)27-15-16-28(19-23(2)3)31(32)20-27/h7-16,20-21,23,33H,1,4,17-19,22,32H2,2-3,5-6H3. The van der Waals surface area contributed by atoms with Crippen molar-refractivity contribution < 1.29 is 0 Å². The molecule has 3 aromatic rings. The number of nitrogens with two attached hydrogens (primary N) is 1. The normalized spacial score (nSPS) is 10.8. The molecule has 0 heterocycles. The van der Waals surface area contributed by atoms with Crippen LogP contribution in [0.4, 0.5) is 17.1 Å². The van der Waals surface area contributed by atoms with E-state index < -0.39 is 0 Å². The van der Waals surface area contributed by atoms with Crippen molar-refractivity contribution in [2.75, 3.05) is 42.7 Å². The molecule has 4 heteroatoms. The van der Waals surface area contributed by atoms with Crippen LogP contribution in [0.15, 0.2) is 91.8 Å². The van der Waals surface area contributed by atoms with Gasteiger partial charge in [0.25, 0.3) is 0 Å². The first kappa shape index (κ1) is 26.0. The van der Waals surface area contributed by atoms with Crippen molar-refractivity contribution in [1.82, 2.24) is 5.32 Å². The highest BCUT2D eigenvalue weighted by atomic mass is 15.1. The van der Waals surface area contributed by atoms with Crippen molar-refractivity contribution >= 4 is 17.1 Å². The summed E-state index contributed by atoms with van der Waals surface area (Å²) < 4.78 is 0. The third-order valence-corrected chi connectivity index (χ3v) is 6.31. The lowest BCUT2D eigenvalue weighted by atomic mass is 9.96. The van der Waals surface area contributed by atoms with Gasteiger partial charge in [-0.15, -0.1) is 0 Å². The molecule has 35 heavy (non-hydrogen) atoms. The average molecular weight is 469 g/mol. The van der Waals surface area contributed by atoms with Crippen molar-refractivity contribution in [3.8, 4) is 11.1 Å². The maximum atomic E-state index is 6.32. The molecule has 3 N–H and O–H groups in total. The van der Waals surface area contributed by atoms with E-state index in [1.165, 1.54) is 16.7 Å². The molecule has 3 rings (SSSR count). The van der Waals surface area contributed by atoms with Crippen molar-refractivity contribution in [1.29, 1.82) is 0 Å². The molecule has 3 aromatic carbocycles. The number of anilines is 3. The van der Waals surface area contributed by atoms with Crippen LogP contribution in [0.1, 0.15) is 25.0 Å². The Bertz CT molecular complexity index is 1130. The van der Waals surface area contributed by atoms with Gasteiger partial charge in [0.2, 0.25) is 0 Å². The number of hydrogen-bond donors (Lipinski definition) is 2. The monoisotopic (exact) mass is 468 g/mol. The number of nitrogens with zero attached hydrogens (tertiary/aromatic N) is 2. The zero-order chi connectivity index (χ0) is 25.4. The van der Waals surface area contributed by atoms with Crippen LogP contribution in [0.5, 0.6) is 0 Å². The van der Waals surface area contributed by atoms with Crippen LogP contribution in [0.25, 0.3) is 11.1 Å². The van der Waals surface area contributed by atoms with E-state index >= 15 is 0 Å². The summed E-state index contributed by atoms with van der Waals surface area (Å²) in [4.78, 5) is 4.39. The first-order chi connectivity index (χ1) is 16.8. The summed E-state index contributed by atoms with van der Waals surface area (Å²) >= 11 is 0. The second-order valence-corrected chi connectivity index (χ2v) is 9.56. The second kappa shape index (κ2) is 12.2. The quantitative estimate of drug-likeness (QED) is 0.298. The van der Waals surface area contributed by atoms with Gasteiger partial charge < -0.3 is 20.9 Å². The van der Waals surface area contributed by atoms with Crippen molar-refractivity contribution in [3.05, 3.63) is 103 Å². The Morgan fingerprint density at radius 3 is 2.31 bits per heavy atom. The summed E-state index contributed by atoms with van der Waals surface area (Å²) in [5.41, 5.74) is 15.3. The zero-order valence-corrected chi connectivity index (χ0v) is 21.7. The lowest BCUT2D eigenvalue weighted by Crippen LogP contribution is -2.25. The van der Waals surface area contributed by atoms with Gasteiger partial charge in [-0.2, -0.15) is 0 Å². The summed E-state index contributed by atoms with van der Waals surface area (Å²) in [6.07, 6.45) is 3.84. The van der Waals surface area contributed by atoms with Gasteiger partial charge in [0.1, 0.15) is 0 Å². The molecule has 4 nitrogen and oxygen atoms in total. The maximum absolute atomic E-state index is 6.32. The molecule has 0 fully saturated rings. The van der Waals surface area contributed by atoms with E-state index in [-0.39, 0.29) is 0 Å². The zero-order valence-electron chi connectivity index (χ0n) is 21.7. The number of nitrogen functional groups attached to an aromatic ring is 1. The maximum Gasteiger partial charge on any atom is 0.0567 e. The Hall–Kier alpha value is -3.66.